The molecule has 136 valence electrons. The van der Waals surface area contributed by atoms with E-state index in [0.717, 1.165) is 32.6 Å². The van der Waals surface area contributed by atoms with Crippen molar-refractivity contribution in [1.29, 1.82) is 0 Å². The third-order valence-electron chi connectivity index (χ3n) is 4.50. The minimum Gasteiger partial charge on any atom is -0.447 e. The highest BCUT2D eigenvalue weighted by Crippen LogP contribution is 2.37. The first-order chi connectivity index (χ1) is 12.0. The highest BCUT2D eigenvalue weighted by molar-refractivity contribution is 6.25. The maximum Gasteiger partial charge on any atom is 0.404 e. The molecule has 25 heavy (non-hydrogen) atoms. The standard InChI is InChI=1S/C17H23N3O5/c1-3-4-10-13(19-5-6-19)16(22)12(11(24-2)9-25-17(18)23)14(15(10)21)20-7-8-20/h11H,3-9H2,1-2H3,(H2,18,23). The van der Waals surface area contributed by atoms with Gasteiger partial charge in [-0.25, -0.2) is 4.79 Å². The van der Waals surface area contributed by atoms with Crippen LogP contribution in [0.2, 0.25) is 0 Å². The highest BCUT2D eigenvalue weighted by Gasteiger charge is 2.45. The van der Waals surface area contributed by atoms with Gasteiger partial charge >= 0.3 is 6.09 Å². The van der Waals surface area contributed by atoms with Gasteiger partial charge in [0.1, 0.15) is 12.7 Å². The van der Waals surface area contributed by atoms with Crippen LogP contribution in [-0.4, -0.2) is 73.5 Å². The number of Topliss-reactive ketones (excluding diaryl/α,β-unsaturated/α-hetero) is 2. The number of rotatable bonds is 8. The van der Waals surface area contributed by atoms with E-state index in [-0.39, 0.29) is 23.7 Å². The van der Waals surface area contributed by atoms with Crippen molar-refractivity contribution in [3.05, 3.63) is 22.5 Å². The van der Waals surface area contributed by atoms with Crippen LogP contribution in [0.4, 0.5) is 4.79 Å². The second-order valence-electron chi connectivity index (χ2n) is 6.33. The molecule has 1 unspecified atom stereocenters. The number of allylic oxidation sites excluding steroid dienone is 2. The van der Waals surface area contributed by atoms with Crippen molar-refractivity contribution in [2.24, 2.45) is 5.73 Å². The zero-order chi connectivity index (χ0) is 18.1. The van der Waals surface area contributed by atoms with Crippen molar-refractivity contribution in [3.8, 4) is 0 Å². The lowest BCUT2D eigenvalue weighted by atomic mass is 9.86. The number of amides is 1. The number of methoxy groups -OCH3 is 1. The molecule has 0 saturated carbocycles. The molecule has 2 N–H and O–H groups in total. The highest BCUT2D eigenvalue weighted by atomic mass is 16.6. The molecule has 3 aliphatic rings. The fourth-order valence-electron chi connectivity index (χ4n) is 3.15. The summed E-state index contributed by atoms with van der Waals surface area (Å²) in [5.74, 6) is -0.320. The molecule has 1 amide bonds. The maximum atomic E-state index is 13.2. The first-order valence-electron chi connectivity index (χ1n) is 8.51. The van der Waals surface area contributed by atoms with Gasteiger partial charge in [-0.15, -0.1) is 0 Å². The Morgan fingerprint density at radius 1 is 1.12 bits per heavy atom. The van der Waals surface area contributed by atoms with E-state index in [1.165, 1.54) is 7.11 Å². The van der Waals surface area contributed by atoms with E-state index in [1.807, 2.05) is 16.7 Å². The summed E-state index contributed by atoms with van der Waals surface area (Å²) in [6, 6.07) is 0. The predicted molar refractivity (Wildman–Crippen MR) is 88.5 cm³/mol. The number of ether oxygens (including phenoxy) is 2. The van der Waals surface area contributed by atoms with E-state index in [9.17, 15) is 14.4 Å². The van der Waals surface area contributed by atoms with Crippen LogP contribution >= 0.6 is 0 Å². The number of nitrogens with two attached hydrogens (primary N) is 1. The zero-order valence-electron chi connectivity index (χ0n) is 14.5. The van der Waals surface area contributed by atoms with Crippen LogP contribution in [0, 0.1) is 0 Å². The zero-order valence-corrected chi connectivity index (χ0v) is 14.5. The van der Waals surface area contributed by atoms with Crippen LogP contribution in [-0.2, 0) is 19.1 Å². The van der Waals surface area contributed by atoms with Gasteiger partial charge in [0, 0.05) is 38.9 Å². The lowest BCUT2D eigenvalue weighted by Crippen LogP contribution is -2.38. The predicted octanol–water partition coefficient (Wildman–Crippen LogP) is 0.188. The van der Waals surface area contributed by atoms with E-state index in [1.54, 1.807) is 0 Å². The quantitative estimate of drug-likeness (QED) is 0.493. The third-order valence-corrected chi connectivity index (χ3v) is 4.50. The molecule has 2 heterocycles. The van der Waals surface area contributed by atoms with Crippen LogP contribution in [0.15, 0.2) is 22.5 Å². The van der Waals surface area contributed by atoms with E-state index >= 15 is 0 Å². The summed E-state index contributed by atoms with van der Waals surface area (Å²) >= 11 is 0. The maximum absolute atomic E-state index is 13.2. The Labute approximate surface area is 146 Å². The van der Waals surface area contributed by atoms with Gasteiger partial charge in [-0.05, 0) is 6.42 Å². The second-order valence-corrected chi connectivity index (χ2v) is 6.33. The van der Waals surface area contributed by atoms with Gasteiger partial charge in [0.15, 0.2) is 0 Å². The first kappa shape index (κ1) is 17.5. The van der Waals surface area contributed by atoms with Crippen molar-refractivity contribution in [2.75, 3.05) is 39.9 Å². The van der Waals surface area contributed by atoms with Crippen LogP contribution in [0.5, 0.6) is 0 Å². The van der Waals surface area contributed by atoms with Crippen molar-refractivity contribution < 1.29 is 23.9 Å². The number of hydrogen-bond acceptors (Lipinski definition) is 7. The summed E-state index contributed by atoms with van der Waals surface area (Å²) in [5.41, 5.74) is 6.75. The fourth-order valence-corrected chi connectivity index (χ4v) is 3.15. The van der Waals surface area contributed by atoms with Crippen molar-refractivity contribution in [3.63, 3.8) is 0 Å². The minimum absolute atomic E-state index is 0.114. The molecule has 8 heteroatoms. The van der Waals surface area contributed by atoms with Gasteiger partial charge in [0.2, 0.25) is 11.6 Å². The summed E-state index contributed by atoms with van der Waals surface area (Å²) in [4.78, 5) is 41.1. The summed E-state index contributed by atoms with van der Waals surface area (Å²) in [5, 5.41) is 0. The molecule has 1 aliphatic carbocycles. The Kier molecular flexibility index (Phi) is 4.80. The Bertz CT molecular complexity index is 674. The normalized spacial score (nSPS) is 21.0. The Balaban J connectivity index is 2.02. The first-order valence-corrected chi connectivity index (χ1v) is 8.51. The Morgan fingerprint density at radius 2 is 1.72 bits per heavy atom. The molecule has 1 atom stereocenters. The van der Waals surface area contributed by atoms with E-state index in [0.29, 0.717) is 23.4 Å². The lowest BCUT2D eigenvalue weighted by molar-refractivity contribution is -0.119. The second kappa shape index (κ2) is 6.87. The van der Waals surface area contributed by atoms with Crippen molar-refractivity contribution in [2.45, 2.75) is 25.9 Å². The molecule has 8 nitrogen and oxygen atoms in total. The van der Waals surface area contributed by atoms with E-state index < -0.39 is 12.2 Å². The average Bonchev–Trinajstić information content (AvgIpc) is 3.45. The van der Waals surface area contributed by atoms with Gasteiger partial charge in [-0.2, -0.15) is 0 Å². The molecular formula is C17H23N3O5. The third kappa shape index (κ3) is 3.39. The van der Waals surface area contributed by atoms with Gasteiger partial charge in [0.05, 0.1) is 17.0 Å². The number of ketones is 2. The molecule has 2 fully saturated rings. The summed E-state index contributed by atoms with van der Waals surface area (Å²) in [6.45, 7) is 4.77. The Morgan fingerprint density at radius 3 is 2.20 bits per heavy atom. The molecule has 3 rings (SSSR count). The van der Waals surface area contributed by atoms with Crippen LogP contribution in [0.1, 0.15) is 19.8 Å². The van der Waals surface area contributed by atoms with Gasteiger partial charge in [-0.3, -0.25) is 9.59 Å². The van der Waals surface area contributed by atoms with Crippen molar-refractivity contribution >= 4 is 17.7 Å². The monoisotopic (exact) mass is 349 g/mol. The number of hydrogen-bond donors (Lipinski definition) is 1. The molecule has 0 bridgehead atoms. The number of nitrogens with zero attached hydrogens (tertiary/aromatic N) is 2. The molecular weight excluding hydrogens is 326 g/mol. The molecule has 0 aromatic rings. The minimum atomic E-state index is -0.945. The topological polar surface area (TPSA) is 102 Å². The summed E-state index contributed by atoms with van der Waals surface area (Å²) in [7, 11) is 1.42. The molecule has 0 aromatic heterocycles. The number of carbonyl (C=O) groups excluding carboxylic acids is 3. The molecule has 0 aromatic carbocycles. The van der Waals surface area contributed by atoms with Crippen molar-refractivity contribution in [1.82, 2.24) is 9.80 Å². The molecule has 2 aliphatic heterocycles. The Hall–Kier alpha value is -2.35. The largest absolute Gasteiger partial charge is 0.447 e. The van der Waals surface area contributed by atoms with Gasteiger partial charge < -0.3 is 25.0 Å². The molecule has 0 radical (unpaired) electrons. The molecule has 0 spiro atoms. The SMILES string of the molecule is CCCC1=C(N2CC2)C(=O)C(C(COC(N)=O)OC)=C(N2CC2)C1=O. The van der Waals surface area contributed by atoms with E-state index in [2.05, 4.69) is 0 Å². The fraction of sp³-hybridized carbons (Fsp3) is 0.588. The smallest absolute Gasteiger partial charge is 0.404 e. The van der Waals surface area contributed by atoms with Crippen LogP contribution in [0.3, 0.4) is 0 Å². The van der Waals surface area contributed by atoms with Crippen LogP contribution < -0.4 is 5.73 Å². The van der Waals surface area contributed by atoms with Gasteiger partial charge in [0.25, 0.3) is 0 Å². The average molecular weight is 349 g/mol. The number of carbonyl (C=O) groups is 3. The number of primary amides is 1. The molecule has 2 saturated heterocycles. The summed E-state index contributed by atoms with van der Waals surface area (Å²) in [6.07, 6.45) is -0.417. The van der Waals surface area contributed by atoms with Crippen LogP contribution in [0.25, 0.3) is 0 Å². The van der Waals surface area contributed by atoms with E-state index in [4.69, 9.17) is 15.2 Å². The van der Waals surface area contributed by atoms with Gasteiger partial charge in [-0.1, -0.05) is 13.3 Å². The summed E-state index contributed by atoms with van der Waals surface area (Å²) < 4.78 is 10.2. The lowest BCUT2D eigenvalue weighted by Gasteiger charge is -2.28.